The Morgan fingerprint density at radius 1 is 1.30 bits per heavy atom. The lowest BCUT2D eigenvalue weighted by molar-refractivity contribution is 0.0950. The second kappa shape index (κ2) is 10.8. The molecule has 1 aliphatic heterocycles. The van der Waals surface area contributed by atoms with E-state index in [2.05, 4.69) is 39.5 Å². The predicted molar refractivity (Wildman–Crippen MR) is 113 cm³/mol. The van der Waals surface area contributed by atoms with Crippen LogP contribution in [0.3, 0.4) is 0 Å². The Hall–Kier alpha value is -1.41. The second-order valence-corrected chi connectivity index (χ2v) is 6.92. The molecule has 0 bridgehead atoms. The lowest BCUT2D eigenvalue weighted by Gasteiger charge is -2.27. The van der Waals surface area contributed by atoms with Gasteiger partial charge in [0, 0.05) is 44.2 Å². The van der Waals surface area contributed by atoms with Crippen LogP contribution in [0.15, 0.2) is 12.3 Å². The van der Waals surface area contributed by atoms with Crippen LogP contribution in [0.25, 0.3) is 11.0 Å². The Kier molecular flexibility index (Phi) is 9.45. The van der Waals surface area contributed by atoms with Crippen molar-refractivity contribution >= 4 is 41.8 Å². The molecule has 0 saturated carbocycles. The number of carbonyl (C=O) groups is 1. The van der Waals surface area contributed by atoms with Gasteiger partial charge in [-0.2, -0.15) is 5.10 Å². The lowest BCUT2D eigenvalue weighted by atomic mass is 10.1. The van der Waals surface area contributed by atoms with E-state index >= 15 is 0 Å². The third-order valence-electron chi connectivity index (χ3n) is 4.64. The Bertz CT molecular complexity index is 743. The fourth-order valence-electron chi connectivity index (χ4n) is 3.21. The average molecular weight is 417 g/mol. The maximum atomic E-state index is 12.5. The summed E-state index contributed by atoms with van der Waals surface area (Å²) in [5.41, 5.74) is 2.22. The van der Waals surface area contributed by atoms with Crippen molar-refractivity contribution in [3.8, 4) is 0 Å². The van der Waals surface area contributed by atoms with E-state index in [0.29, 0.717) is 12.1 Å². The van der Waals surface area contributed by atoms with E-state index in [4.69, 9.17) is 0 Å². The van der Waals surface area contributed by atoms with Gasteiger partial charge in [-0.05, 0) is 39.8 Å². The zero-order chi connectivity index (χ0) is 17.8. The molecule has 27 heavy (non-hydrogen) atoms. The van der Waals surface area contributed by atoms with Crippen LogP contribution in [-0.2, 0) is 0 Å². The maximum Gasteiger partial charge on any atom is 0.253 e. The molecule has 0 aromatic carbocycles. The first-order chi connectivity index (χ1) is 12.1. The molecule has 2 aromatic rings. The molecule has 9 heteroatoms. The highest BCUT2D eigenvalue weighted by Gasteiger charge is 2.15. The van der Waals surface area contributed by atoms with Crippen molar-refractivity contribution in [1.29, 1.82) is 0 Å². The number of piperazine rings is 1. The van der Waals surface area contributed by atoms with E-state index in [1.54, 1.807) is 6.20 Å². The topological polar surface area (TPSA) is 75.1 Å². The summed E-state index contributed by atoms with van der Waals surface area (Å²) in [7, 11) is 0. The minimum Gasteiger partial charge on any atom is -0.352 e. The molecule has 3 heterocycles. The molecular formula is C18H30Cl2N6O. The van der Waals surface area contributed by atoms with Crippen molar-refractivity contribution in [2.75, 3.05) is 39.3 Å². The lowest BCUT2D eigenvalue weighted by Crippen LogP contribution is -2.44. The number of fused-ring (bicyclic) bond motifs is 1. The highest BCUT2D eigenvalue weighted by atomic mass is 35.5. The minimum atomic E-state index is -0.0514. The smallest absolute Gasteiger partial charge is 0.253 e. The fraction of sp³-hybridized carbons (Fsp3) is 0.611. The number of nitrogens with zero attached hydrogens (tertiary/aromatic N) is 4. The van der Waals surface area contributed by atoms with Crippen LogP contribution >= 0.6 is 24.8 Å². The van der Waals surface area contributed by atoms with Crippen LogP contribution in [0.4, 0.5) is 0 Å². The summed E-state index contributed by atoms with van der Waals surface area (Å²) in [4.78, 5) is 19.5. The van der Waals surface area contributed by atoms with Crippen molar-refractivity contribution in [2.24, 2.45) is 0 Å². The Morgan fingerprint density at radius 3 is 2.67 bits per heavy atom. The molecule has 0 atom stereocenters. The average Bonchev–Trinajstić information content (AvgIpc) is 3.01. The summed E-state index contributed by atoms with van der Waals surface area (Å²) in [5.74, 6) is -0.0514. The van der Waals surface area contributed by atoms with Crippen molar-refractivity contribution in [2.45, 2.75) is 33.2 Å². The van der Waals surface area contributed by atoms with Crippen LogP contribution in [0.1, 0.15) is 42.4 Å². The van der Waals surface area contributed by atoms with Gasteiger partial charge in [0.15, 0.2) is 5.65 Å². The SMILES string of the molecule is Cc1nc2c(cnn2C(C)C)cc1C(=O)NCCCN1CCNCC1.Cl.Cl. The number of rotatable bonds is 6. The van der Waals surface area contributed by atoms with Crippen molar-refractivity contribution < 1.29 is 4.79 Å². The molecule has 1 fully saturated rings. The second-order valence-electron chi connectivity index (χ2n) is 6.92. The van der Waals surface area contributed by atoms with E-state index in [-0.39, 0.29) is 36.8 Å². The van der Waals surface area contributed by atoms with Crippen LogP contribution in [0.5, 0.6) is 0 Å². The van der Waals surface area contributed by atoms with Gasteiger partial charge < -0.3 is 15.5 Å². The van der Waals surface area contributed by atoms with Crippen molar-refractivity contribution in [1.82, 2.24) is 30.3 Å². The molecule has 3 rings (SSSR count). The van der Waals surface area contributed by atoms with E-state index in [0.717, 1.165) is 55.9 Å². The van der Waals surface area contributed by atoms with Gasteiger partial charge in [-0.25, -0.2) is 9.67 Å². The summed E-state index contributed by atoms with van der Waals surface area (Å²) in [5, 5.41) is 11.7. The fourth-order valence-corrected chi connectivity index (χ4v) is 3.21. The molecule has 1 saturated heterocycles. The standard InChI is InChI=1S/C18H28N6O.2ClH/c1-13(2)24-17-15(12-21-24)11-16(14(3)22-17)18(25)20-5-4-8-23-9-6-19-7-10-23;;/h11-13,19H,4-10H2,1-3H3,(H,20,25);2*1H. The Balaban J connectivity index is 0.00000182. The highest BCUT2D eigenvalue weighted by molar-refractivity contribution is 5.98. The van der Waals surface area contributed by atoms with E-state index in [1.807, 2.05) is 17.7 Å². The summed E-state index contributed by atoms with van der Waals surface area (Å²) in [6.07, 6.45) is 2.74. The van der Waals surface area contributed by atoms with Crippen LogP contribution in [0, 0.1) is 6.92 Å². The summed E-state index contributed by atoms with van der Waals surface area (Å²) in [6.45, 7) is 12.0. The first-order valence-electron chi connectivity index (χ1n) is 9.12. The van der Waals surface area contributed by atoms with Crippen LogP contribution in [-0.4, -0.2) is 64.8 Å². The quantitative estimate of drug-likeness (QED) is 0.705. The van der Waals surface area contributed by atoms with Gasteiger partial charge in [-0.1, -0.05) is 0 Å². The van der Waals surface area contributed by atoms with E-state index in [1.165, 1.54) is 0 Å². The number of nitrogens with one attached hydrogen (secondary N) is 2. The summed E-state index contributed by atoms with van der Waals surface area (Å²) < 4.78 is 1.89. The number of hydrogen-bond donors (Lipinski definition) is 2. The molecule has 1 amide bonds. The predicted octanol–water partition coefficient (Wildman–Crippen LogP) is 2.19. The molecule has 152 valence electrons. The summed E-state index contributed by atoms with van der Waals surface area (Å²) >= 11 is 0. The van der Waals surface area contributed by atoms with Gasteiger partial charge in [0.2, 0.25) is 0 Å². The molecule has 0 aliphatic carbocycles. The number of carbonyl (C=O) groups excluding carboxylic acids is 1. The van der Waals surface area contributed by atoms with Gasteiger partial charge in [-0.3, -0.25) is 4.79 Å². The molecule has 1 aliphatic rings. The number of pyridine rings is 1. The van der Waals surface area contributed by atoms with Crippen molar-refractivity contribution in [3.05, 3.63) is 23.5 Å². The van der Waals surface area contributed by atoms with E-state index in [9.17, 15) is 4.79 Å². The zero-order valence-electron chi connectivity index (χ0n) is 16.2. The number of amides is 1. The molecular weight excluding hydrogens is 387 g/mol. The third-order valence-corrected chi connectivity index (χ3v) is 4.64. The molecule has 2 N–H and O–H groups in total. The van der Waals surface area contributed by atoms with Crippen molar-refractivity contribution in [3.63, 3.8) is 0 Å². The van der Waals surface area contributed by atoms with Gasteiger partial charge in [0.25, 0.3) is 5.91 Å². The number of halogens is 2. The Morgan fingerprint density at radius 2 is 2.00 bits per heavy atom. The Labute approximate surface area is 173 Å². The first kappa shape index (κ1) is 23.6. The molecule has 0 spiro atoms. The van der Waals surface area contributed by atoms with Crippen LogP contribution in [0.2, 0.25) is 0 Å². The van der Waals surface area contributed by atoms with Gasteiger partial charge in [-0.15, -0.1) is 24.8 Å². The maximum absolute atomic E-state index is 12.5. The van der Waals surface area contributed by atoms with E-state index < -0.39 is 0 Å². The van der Waals surface area contributed by atoms with Gasteiger partial charge >= 0.3 is 0 Å². The monoisotopic (exact) mass is 416 g/mol. The third kappa shape index (κ3) is 5.78. The molecule has 7 nitrogen and oxygen atoms in total. The van der Waals surface area contributed by atoms with Gasteiger partial charge in [0.1, 0.15) is 0 Å². The number of hydrogen-bond acceptors (Lipinski definition) is 5. The number of aromatic nitrogens is 3. The first-order valence-corrected chi connectivity index (χ1v) is 9.12. The minimum absolute atomic E-state index is 0. The normalized spacial score (nSPS) is 14.7. The zero-order valence-corrected chi connectivity index (χ0v) is 17.8. The van der Waals surface area contributed by atoms with Gasteiger partial charge in [0.05, 0.1) is 17.5 Å². The number of aryl methyl sites for hydroxylation is 1. The molecule has 0 radical (unpaired) electrons. The summed E-state index contributed by atoms with van der Waals surface area (Å²) in [6, 6.07) is 2.14. The molecule has 0 unspecified atom stereocenters. The largest absolute Gasteiger partial charge is 0.352 e. The highest BCUT2D eigenvalue weighted by Crippen LogP contribution is 2.19. The molecule has 2 aromatic heterocycles. The van der Waals surface area contributed by atoms with Crippen LogP contribution < -0.4 is 10.6 Å².